The number of aryl methyl sites for hydroxylation is 1. The Kier molecular flexibility index (Phi) is 7.52. The first-order valence-electron chi connectivity index (χ1n) is 11.8. The van der Waals surface area contributed by atoms with Gasteiger partial charge in [0.1, 0.15) is 5.75 Å². The highest BCUT2D eigenvalue weighted by molar-refractivity contribution is 7.07. The summed E-state index contributed by atoms with van der Waals surface area (Å²) in [6.07, 6.45) is 1.90. The number of thiazole rings is 1. The number of ether oxygens (including phenoxy) is 2. The Labute approximate surface area is 219 Å². The van der Waals surface area contributed by atoms with Crippen molar-refractivity contribution in [3.8, 4) is 5.75 Å². The standard InChI is InChI=1S/C28H29ClN2O4S/c1-7-35-27(33)24-17(5)30-28-31(25(24)18-8-10-20(29)11-9-18)26(32)23(36-28)14-19-13-21(15(2)3)22(34-6)12-16(19)4/h8-15,25H,7H2,1-6H3/b23-14-/t25-/m0/s1. The second kappa shape index (κ2) is 10.4. The van der Waals surface area contributed by atoms with Gasteiger partial charge in [-0.2, -0.15) is 0 Å². The third-order valence-corrected chi connectivity index (χ3v) is 7.46. The lowest BCUT2D eigenvalue weighted by Crippen LogP contribution is -2.39. The second-order valence-electron chi connectivity index (χ2n) is 8.96. The maximum Gasteiger partial charge on any atom is 0.338 e. The number of halogens is 1. The number of methoxy groups -OCH3 is 1. The van der Waals surface area contributed by atoms with Gasteiger partial charge in [0.2, 0.25) is 0 Å². The number of hydrogen-bond acceptors (Lipinski definition) is 6. The largest absolute Gasteiger partial charge is 0.496 e. The van der Waals surface area contributed by atoms with Gasteiger partial charge in [0, 0.05) is 5.02 Å². The van der Waals surface area contributed by atoms with E-state index in [9.17, 15) is 9.59 Å². The molecule has 1 aliphatic rings. The summed E-state index contributed by atoms with van der Waals surface area (Å²) < 4.78 is 13.0. The lowest BCUT2D eigenvalue weighted by molar-refractivity contribution is -0.139. The van der Waals surface area contributed by atoms with Crippen molar-refractivity contribution in [3.63, 3.8) is 0 Å². The number of benzene rings is 2. The molecule has 0 unspecified atom stereocenters. The van der Waals surface area contributed by atoms with Crippen molar-refractivity contribution in [1.82, 2.24) is 4.57 Å². The van der Waals surface area contributed by atoms with E-state index in [1.54, 1.807) is 37.7 Å². The molecule has 188 valence electrons. The first-order valence-corrected chi connectivity index (χ1v) is 13.0. The Hall–Kier alpha value is -3.16. The predicted molar refractivity (Wildman–Crippen MR) is 144 cm³/mol. The van der Waals surface area contributed by atoms with Crippen molar-refractivity contribution in [2.45, 2.75) is 46.6 Å². The number of esters is 1. The van der Waals surface area contributed by atoms with Crippen molar-refractivity contribution in [3.05, 3.63) is 94.6 Å². The molecule has 36 heavy (non-hydrogen) atoms. The van der Waals surface area contributed by atoms with Gasteiger partial charge in [0.25, 0.3) is 5.56 Å². The van der Waals surface area contributed by atoms with E-state index < -0.39 is 12.0 Å². The van der Waals surface area contributed by atoms with E-state index in [1.165, 1.54) is 11.3 Å². The highest BCUT2D eigenvalue weighted by Gasteiger charge is 2.33. The van der Waals surface area contributed by atoms with Crippen LogP contribution < -0.4 is 19.6 Å². The van der Waals surface area contributed by atoms with E-state index >= 15 is 0 Å². The molecule has 4 rings (SSSR count). The number of nitrogens with zero attached hydrogens (tertiary/aromatic N) is 2. The van der Waals surface area contributed by atoms with E-state index in [4.69, 9.17) is 21.1 Å². The number of allylic oxidation sites excluding steroid dienone is 1. The summed E-state index contributed by atoms with van der Waals surface area (Å²) in [6, 6.07) is 10.6. The zero-order valence-electron chi connectivity index (χ0n) is 21.2. The zero-order valence-corrected chi connectivity index (χ0v) is 22.8. The molecule has 3 aromatic rings. The molecule has 6 nitrogen and oxygen atoms in total. The van der Waals surface area contributed by atoms with Crippen LogP contribution in [0.25, 0.3) is 6.08 Å². The Morgan fingerprint density at radius 3 is 2.53 bits per heavy atom. The van der Waals surface area contributed by atoms with Gasteiger partial charge in [-0.1, -0.05) is 48.9 Å². The molecule has 0 fully saturated rings. The Bertz CT molecular complexity index is 1530. The van der Waals surface area contributed by atoms with Gasteiger partial charge < -0.3 is 9.47 Å². The third-order valence-electron chi connectivity index (χ3n) is 6.23. The van der Waals surface area contributed by atoms with Crippen molar-refractivity contribution in [2.75, 3.05) is 13.7 Å². The summed E-state index contributed by atoms with van der Waals surface area (Å²) in [5.41, 5.74) is 4.43. The lowest BCUT2D eigenvalue weighted by Gasteiger charge is -2.24. The molecule has 2 heterocycles. The highest BCUT2D eigenvalue weighted by atomic mass is 35.5. The van der Waals surface area contributed by atoms with Crippen molar-refractivity contribution >= 4 is 35.0 Å². The van der Waals surface area contributed by atoms with E-state index in [1.807, 2.05) is 31.2 Å². The van der Waals surface area contributed by atoms with Crippen molar-refractivity contribution in [2.24, 2.45) is 4.99 Å². The Balaban J connectivity index is 1.96. The van der Waals surface area contributed by atoms with E-state index in [0.717, 1.165) is 28.0 Å². The van der Waals surface area contributed by atoms with Crippen LogP contribution in [0.2, 0.25) is 5.02 Å². The summed E-state index contributed by atoms with van der Waals surface area (Å²) in [6.45, 7) is 9.96. The molecule has 0 saturated carbocycles. The summed E-state index contributed by atoms with van der Waals surface area (Å²) in [4.78, 5) is 32.0. The first-order chi connectivity index (χ1) is 17.2. The number of aromatic nitrogens is 1. The van der Waals surface area contributed by atoms with Crippen LogP contribution in [-0.4, -0.2) is 24.3 Å². The van der Waals surface area contributed by atoms with Crippen molar-refractivity contribution in [1.29, 1.82) is 0 Å². The third kappa shape index (κ3) is 4.77. The van der Waals surface area contributed by atoms with E-state index in [0.29, 0.717) is 25.6 Å². The van der Waals surface area contributed by atoms with Gasteiger partial charge in [-0.25, -0.2) is 9.79 Å². The normalized spacial score (nSPS) is 15.7. The number of hydrogen-bond donors (Lipinski definition) is 0. The fourth-order valence-electron chi connectivity index (χ4n) is 4.39. The van der Waals surface area contributed by atoms with Gasteiger partial charge in [0.15, 0.2) is 4.80 Å². The summed E-state index contributed by atoms with van der Waals surface area (Å²) >= 11 is 7.43. The fraction of sp³-hybridized carbons (Fsp3) is 0.321. The quantitative estimate of drug-likeness (QED) is 0.430. The number of fused-ring (bicyclic) bond motifs is 1. The van der Waals surface area contributed by atoms with Crippen LogP contribution in [0, 0.1) is 6.92 Å². The summed E-state index contributed by atoms with van der Waals surface area (Å²) in [5, 5.41) is 0.570. The Morgan fingerprint density at radius 2 is 1.92 bits per heavy atom. The maximum atomic E-state index is 13.8. The molecule has 0 spiro atoms. The van der Waals surface area contributed by atoms with Crippen LogP contribution in [0.1, 0.15) is 61.9 Å². The number of carbonyl (C=O) groups is 1. The molecule has 0 amide bonds. The topological polar surface area (TPSA) is 69.9 Å². The summed E-state index contributed by atoms with van der Waals surface area (Å²) in [5.74, 6) is 0.604. The maximum absolute atomic E-state index is 13.8. The molecular weight excluding hydrogens is 496 g/mol. The molecular formula is C28H29ClN2O4S. The molecule has 1 aromatic heterocycles. The van der Waals surface area contributed by atoms with Crippen LogP contribution in [0.4, 0.5) is 0 Å². The zero-order chi connectivity index (χ0) is 26.1. The first kappa shape index (κ1) is 25.9. The van der Waals surface area contributed by atoms with Crippen LogP contribution in [0.5, 0.6) is 5.75 Å². The molecule has 0 aliphatic carbocycles. The van der Waals surface area contributed by atoms with Crippen LogP contribution in [0.3, 0.4) is 0 Å². The van der Waals surface area contributed by atoms with Crippen LogP contribution in [-0.2, 0) is 9.53 Å². The van der Waals surface area contributed by atoms with Gasteiger partial charge in [-0.15, -0.1) is 0 Å². The second-order valence-corrected chi connectivity index (χ2v) is 10.4. The SMILES string of the molecule is CCOC(=O)C1=C(C)N=c2s/c(=C\c3cc(C(C)C)c(OC)cc3C)c(=O)n2[C@H]1c1ccc(Cl)cc1. The Morgan fingerprint density at radius 1 is 1.22 bits per heavy atom. The van der Waals surface area contributed by atoms with Gasteiger partial charge in [0.05, 0.1) is 35.6 Å². The van der Waals surface area contributed by atoms with Crippen LogP contribution >= 0.6 is 22.9 Å². The minimum Gasteiger partial charge on any atom is -0.496 e. The molecule has 8 heteroatoms. The monoisotopic (exact) mass is 524 g/mol. The van der Waals surface area contributed by atoms with Gasteiger partial charge in [-0.05, 0) is 79.3 Å². The van der Waals surface area contributed by atoms with Gasteiger partial charge >= 0.3 is 5.97 Å². The molecule has 2 aromatic carbocycles. The van der Waals surface area contributed by atoms with E-state index in [2.05, 4.69) is 24.9 Å². The summed E-state index contributed by atoms with van der Waals surface area (Å²) in [7, 11) is 1.67. The smallest absolute Gasteiger partial charge is 0.338 e. The minimum atomic E-state index is -0.664. The average Bonchev–Trinajstić information content (AvgIpc) is 3.14. The predicted octanol–water partition coefficient (Wildman–Crippen LogP) is 4.89. The van der Waals surface area contributed by atoms with Crippen LogP contribution in [0.15, 0.2) is 57.5 Å². The fourth-order valence-corrected chi connectivity index (χ4v) is 5.56. The molecule has 0 bridgehead atoms. The lowest BCUT2D eigenvalue weighted by atomic mass is 9.96. The highest BCUT2D eigenvalue weighted by Crippen LogP contribution is 2.32. The number of rotatable bonds is 6. The molecule has 0 saturated heterocycles. The van der Waals surface area contributed by atoms with E-state index in [-0.39, 0.29) is 18.1 Å². The molecule has 1 atom stereocenters. The van der Waals surface area contributed by atoms with Gasteiger partial charge in [-0.3, -0.25) is 9.36 Å². The molecule has 0 radical (unpaired) electrons. The average molecular weight is 525 g/mol. The minimum absolute atomic E-state index is 0.214. The van der Waals surface area contributed by atoms with Crippen molar-refractivity contribution < 1.29 is 14.3 Å². The number of carbonyl (C=O) groups excluding carboxylic acids is 1. The molecule has 1 aliphatic heterocycles. The molecule has 0 N–H and O–H groups in total.